The molecule has 0 amide bonds. The van der Waals surface area contributed by atoms with Crippen molar-refractivity contribution in [3.8, 4) is 0 Å². The first-order valence-corrected chi connectivity index (χ1v) is 4.48. The van der Waals surface area contributed by atoms with Gasteiger partial charge in [0.15, 0.2) is 5.96 Å². The van der Waals surface area contributed by atoms with Crippen LogP contribution in [0.2, 0.25) is 0 Å². The highest BCUT2D eigenvalue weighted by Crippen LogP contribution is 1.97. The number of nitrogens with zero attached hydrogens (tertiary/aromatic N) is 1. The largest absolute Gasteiger partial charge is 0.356 e. The van der Waals surface area contributed by atoms with Crippen molar-refractivity contribution in [3.05, 3.63) is 0 Å². The molecule has 0 aliphatic heterocycles. The van der Waals surface area contributed by atoms with Gasteiger partial charge in [0.2, 0.25) is 0 Å². The summed E-state index contributed by atoms with van der Waals surface area (Å²) in [5.74, 6) is 0.879. The lowest BCUT2D eigenvalue weighted by molar-refractivity contribution is 0.501. The van der Waals surface area contributed by atoms with Crippen LogP contribution in [-0.2, 0) is 0 Å². The van der Waals surface area contributed by atoms with E-state index in [4.69, 9.17) is 0 Å². The maximum Gasteiger partial charge on any atom is 0.191 e. The Labute approximate surface area is 98.8 Å². The Kier molecular flexibility index (Phi) is 8.82. The summed E-state index contributed by atoms with van der Waals surface area (Å²) in [4.78, 5) is 4.11. The van der Waals surface area contributed by atoms with E-state index < -0.39 is 0 Å². The molecule has 0 bridgehead atoms. The molecular weight excluding hydrogens is 277 g/mol. The van der Waals surface area contributed by atoms with Crippen LogP contribution in [-0.4, -0.2) is 25.1 Å². The zero-order chi connectivity index (χ0) is 9.61. The average Bonchev–Trinajstić information content (AvgIpc) is 1.95. The molecule has 4 heteroatoms. The van der Waals surface area contributed by atoms with E-state index in [9.17, 15) is 0 Å². The lowest BCUT2D eigenvalue weighted by atomic mass is 10.1. The molecular formula is C9H22IN3. The van der Waals surface area contributed by atoms with Crippen molar-refractivity contribution in [3.63, 3.8) is 0 Å². The molecule has 80 valence electrons. The number of hydrogen-bond acceptors (Lipinski definition) is 1. The molecule has 0 aromatic heterocycles. The molecule has 0 radical (unpaired) electrons. The smallest absolute Gasteiger partial charge is 0.191 e. The second-order valence-corrected chi connectivity index (χ2v) is 3.87. The van der Waals surface area contributed by atoms with Crippen molar-refractivity contribution in [1.82, 2.24) is 10.6 Å². The van der Waals surface area contributed by atoms with Crippen LogP contribution in [0, 0.1) is 0 Å². The van der Waals surface area contributed by atoms with Crippen LogP contribution in [0.3, 0.4) is 0 Å². The van der Waals surface area contributed by atoms with Gasteiger partial charge in [-0.1, -0.05) is 6.92 Å². The summed E-state index contributed by atoms with van der Waals surface area (Å²) < 4.78 is 0. The van der Waals surface area contributed by atoms with Crippen LogP contribution in [0.5, 0.6) is 0 Å². The first-order chi connectivity index (χ1) is 5.49. The summed E-state index contributed by atoms with van der Waals surface area (Å²) >= 11 is 0. The second-order valence-electron chi connectivity index (χ2n) is 3.87. The zero-order valence-electron chi connectivity index (χ0n) is 9.27. The Bertz CT molecular complexity index is 149. The minimum Gasteiger partial charge on any atom is -0.356 e. The highest BCUT2D eigenvalue weighted by atomic mass is 127. The SMILES string of the molecule is CCCNC(=NC)NC(C)(C)C.I. The van der Waals surface area contributed by atoms with E-state index in [0.717, 1.165) is 18.9 Å². The second kappa shape index (κ2) is 7.41. The molecule has 0 aliphatic rings. The first kappa shape index (κ1) is 15.5. The van der Waals surface area contributed by atoms with Gasteiger partial charge in [-0.3, -0.25) is 4.99 Å². The minimum absolute atomic E-state index is 0. The lowest BCUT2D eigenvalue weighted by Gasteiger charge is -2.23. The maximum absolute atomic E-state index is 4.11. The molecule has 13 heavy (non-hydrogen) atoms. The molecule has 2 N–H and O–H groups in total. The van der Waals surface area contributed by atoms with Crippen LogP contribution >= 0.6 is 24.0 Å². The van der Waals surface area contributed by atoms with Gasteiger partial charge >= 0.3 is 0 Å². The van der Waals surface area contributed by atoms with Crippen molar-refractivity contribution in [2.75, 3.05) is 13.6 Å². The predicted octanol–water partition coefficient (Wildman–Crippen LogP) is 1.98. The fourth-order valence-electron chi connectivity index (χ4n) is 0.778. The molecule has 0 aromatic carbocycles. The number of nitrogens with one attached hydrogen (secondary N) is 2. The molecule has 0 rings (SSSR count). The maximum atomic E-state index is 4.11. The fraction of sp³-hybridized carbons (Fsp3) is 0.889. The quantitative estimate of drug-likeness (QED) is 0.465. The Balaban J connectivity index is 0. The van der Waals surface area contributed by atoms with Crippen molar-refractivity contribution in [2.45, 2.75) is 39.7 Å². The first-order valence-electron chi connectivity index (χ1n) is 4.48. The monoisotopic (exact) mass is 299 g/mol. The summed E-state index contributed by atoms with van der Waals surface area (Å²) in [6, 6.07) is 0. The van der Waals surface area contributed by atoms with E-state index in [1.54, 1.807) is 7.05 Å². The summed E-state index contributed by atoms with van der Waals surface area (Å²) in [6.45, 7) is 9.45. The number of aliphatic imine (C=N–C) groups is 1. The highest BCUT2D eigenvalue weighted by Gasteiger charge is 2.10. The molecule has 0 saturated heterocycles. The van der Waals surface area contributed by atoms with Crippen molar-refractivity contribution in [2.24, 2.45) is 4.99 Å². The van der Waals surface area contributed by atoms with Gasteiger partial charge in [0.1, 0.15) is 0 Å². The summed E-state index contributed by atoms with van der Waals surface area (Å²) in [5, 5.41) is 6.49. The molecule has 0 fully saturated rings. The number of rotatable bonds is 2. The molecule has 0 spiro atoms. The third-order valence-electron chi connectivity index (χ3n) is 1.26. The minimum atomic E-state index is 0. The van der Waals surface area contributed by atoms with Crippen LogP contribution < -0.4 is 10.6 Å². The fourth-order valence-corrected chi connectivity index (χ4v) is 0.778. The topological polar surface area (TPSA) is 36.4 Å². The Morgan fingerprint density at radius 2 is 1.85 bits per heavy atom. The summed E-state index contributed by atoms with van der Waals surface area (Å²) in [7, 11) is 1.79. The van der Waals surface area contributed by atoms with Crippen LogP contribution in [0.25, 0.3) is 0 Å². The predicted molar refractivity (Wildman–Crippen MR) is 70.0 cm³/mol. The van der Waals surface area contributed by atoms with Crippen molar-refractivity contribution >= 4 is 29.9 Å². The van der Waals surface area contributed by atoms with Gasteiger partial charge < -0.3 is 10.6 Å². The summed E-state index contributed by atoms with van der Waals surface area (Å²) in [5.41, 5.74) is 0.0790. The van der Waals surface area contributed by atoms with Gasteiger partial charge in [-0.05, 0) is 27.2 Å². The van der Waals surface area contributed by atoms with Gasteiger partial charge in [-0.25, -0.2) is 0 Å². The summed E-state index contributed by atoms with van der Waals surface area (Å²) in [6.07, 6.45) is 1.12. The standard InChI is InChI=1S/C9H21N3.HI/c1-6-7-11-8(10-5)12-9(2,3)4;/h6-7H2,1-5H3,(H2,10,11,12);1H. The van der Waals surface area contributed by atoms with E-state index in [1.807, 2.05) is 0 Å². The van der Waals surface area contributed by atoms with Crippen LogP contribution in [0.4, 0.5) is 0 Å². The van der Waals surface area contributed by atoms with E-state index in [1.165, 1.54) is 0 Å². The van der Waals surface area contributed by atoms with Crippen LogP contribution in [0.15, 0.2) is 4.99 Å². The highest BCUT2D eigenvalue weighted by molar-refractivity contribution is 14.0. The third kappa shape index (κ3) is 9.92. The lowest BCUT2D eigenvalue weighted by Crippen LogP contribution is -2.47. The Hall–Kier alpha value is 0. The van der Waals surface area contributed by atoms with E-state index >= 15 is 0 Å². The number of guanidine groups is 1. The van der Waals surface area contributed by atoms with Gasteiger partial charge in [0.25, 0.3) is 0 Å². The normalized spacial score (nSPS) is 11.9. The van der Waals surface area contributed by atoms with Crippen LogP contribution in [0.1, 0.15) is 34.1 Å². The van der Waals surface area contributed by atoms with E-state index in [0.29, 0.717) is 0 Å². The third-order valence-corrected chi connectivity index (χ3v) is 1.26. The van der Waals surface area contributed by atoms with Gasteiger partial charge in [-0.15, -0.1) is 24.0 Å². The molecule has 0 heterocycles. The zero-order valence-corrected chi connectivity index (χ0v) is 11.6. The van der Waals surface area contributed by atoms with Gasteiger partial charge in [0.05, 0.1) is 0 Å². The molecule has 3 nitrogen and oxygen atoms in total. The van der Waals surface area contributed by atoms with Gasteiger partial charge in [-0.2, -0.15) is 0 Å². The molecule has 0 unspecified atom stereocenters. The molecule has 0 aliphatic carbocycles. The van der Waals surface area contributed by atoms with Crippen molar-refractivity contribution in [1.29, 1.82) is 0 Å². The molecule has 0 saturated carbocycles. The average molecular weight is 299 g/mol. The number of hydrogen-bond donors (Lipinski definition) is 2. The van der Waals surface area contributed by atoms with Gasteiger partial charge in [0, 0.05) is 19.1 Å². The van der Waals surface area contributed by atoms with E-state index in [2.05, 4.69) is 43.3 Å². The Morgan fingerprint density at radius 3 is 2.15 bits per heavy atom. The Morgan fingerprint density at radius 1 is 1.31 bits per heavy atom. The van der Waals surface area contributed by atoms with Crippen molar-refractivity contribution < 1.29 is 0 Å². The van der Waals surface area contributed by atoms with E-state index in [-0.39, 0.29) is 29.5 Å². The molecule has 0 atom stereocenters. The molecule has 0 aromatic rings. The number of halogens is 1.